The summed E-state index contributed by atoms with van der Waals surface area (Å²) in [5.41, 5.74) is 1.66. The van der Waals surface area contributed by atoms with Crippen LogP contribution in [0, 0.1) is 0 Å². The molecule has 0 aliphatic rings. The lowest BCUT2D eigenvalue weighted by atomic mass is 10.1. The quantitative estimate of drug-likeness (QED) is 0.761. The number of aromatic nitrogens is 3. The molecule has 0 N–H and O–H groups in total. The largest absolute Gasteiger partial charge is 0.467 e. The normalized spacial score (nSPS) is 12.6. The van der Waals surface area contributed by atoms with E-state index in [9.17, 15) is 4.79 Å². The second-order valence-electron chi connectivity index (χ2n) is 4.20. The molecule has 18 heavy (non-hydrogen) atoms. The second-order valence-corrected chi connectivity index (χ2v) is 4.20. The van der Waals surface area contributed by atoms with Gasteiger partial charge in [0.15, 0.2) is 6.04 Å². The summed E-state index contributed by atoms with van der Waals surface area (Å²) >= 11 is 0. The summed E-state index contributed by atoms with van der Waals surface area (Å²) in [6, 6.07) is 7.23. The predicted molar refractivity (Wildman–Crippen MR) is 68.1 cm³/mol. The van der Waals surface area contributed by atoms with E-state index in [1.54, 1.807) is 4.68 Å². The smallest absolute Gasteiger partial charge is 0.330 e. The van der Waals surface area contributed by atoms with Crippen LogP contribution in [0.25, 0.3) is 11.0 Å². The van der Waals surface area contributed by atoms with Crippen molar-refractivity contribution in [1.29, 1.82) is 0 Å². The monoisotopic (exact) mass is 247 g/mol. The van der Waals surface area contributed by atoms with Crippen LogP contribution in [0.5, 0.6) is 0 Å². The molecule has 1 aromatic carbocycles. The number of unbranched alkanes of at least 4 members (excludes halogenated alkanes) is 1. The van der Waals surface area contributed by atoms with E-state index >= 15 is 0 Å². The number of hydrogen-bond acceptors (Lipinski definition) is 4. The number of fused-ring (bicyclic) bond motifs is 1. The molecule has 5 nitrogen and oxygen atoms in total. The van der Waals surface area contributed by atoms with Crippen molar-refractivity contribution in [2.75, 3.05) is 7.11 Å². The first-order valence-electron chi connectivity index (χ1n) is 6.15. The lowest BCUT2D eigenvalue weighted by molar-refractivity contribution is -0.145. The Morgan fingerprint density at radius 2 is 2.22 bits per heavy atom. The lowest BCUT2D eigenvalue weighted by Gasteiger charge is -2.14. The van der Waals surface area contributed by atoms with Crippen molar-refractivity contribution in [1.82, 2.24) is 15.0 Å². The summed E-state index contributed by atoms with van der Waals surface area (Å²) in [4.78, 5) is 11.8. The van der Waals surface area contributed by atoms with E-state index in [1.165, 1.54) is 7.11 Å². The van der Waals surface area contributed by atoms with Crippen molar-refractivity contribution in [2.45, 2.75) is 32.2 Å². The first kappa shape index (κ1) is 12.5. The standard InChI is InChI=1S/C13H17N3O2/c1-3-4-8-12(13(17)18-2)16-11-9-6-5-7-10(11)14-15-16/h5-7,9,12H,3-4,8H2,1-2H3. The summed E-state index contributed by atoms with van der Waals surface area (Å²) in [6.07, 6.45) is 2.70. The number of carbonyl (C=O) groups is 1. The van der Waals surface area contributed by atoms with Gasteiger partial charge in [0.25, 0.3) is 0 Å². The molecule has 96 valence electrons. The van der Waals surface area contributed by atoms with E-state index in [4.69, 9.17) is 4.74 Å². The Hall–Kier alpha value is -1.91. The van der Waals surface area contributed by atoms with E-state index in [0.29, 0.717) is 0 Å². The van der Waals surface area contributed by atoms with Crippen LogP contribution in [0.2, 0.25) is 0 Å². The van der Waals surface area contributed by atoms with Crippen LogP contribution >= 0.6 is 0 Å². The molecule has 0 fully saturated rings. The second kappa shape index (κ2) is 5.62. The molecule has 0 radical (unpaired) electrons. The first-order chi connectivity index (χ1) is 8.77. The van der Waals surface area contributed by atoms with Crippen molar-refractivity contribution in [3.8, 4) is 0 Å². The number of para-hydroxylation sites is 1. The van der Waals surface area contributed by atoms with Gasteiger partial charge in [0, 0.05) is 0 Å². The molecule has 0 spiro atoms. The molecule has 2 aromatic rings. The van der Waals surface area contributed by atoms with E-state index < -0.39 is 0 Å². The van der Waals surface area contributed by atoms with Gasteiger partial charge in [0.05, 0.1) is 12.6 Å². The molecule has 0 saturated carbocycles. The Labute approximate surface area is 106 Å². The van der Waals surface area contributed by atoms with E-state index in [1.807, 2.05) is 24.3 Å². The molecule has 1 unspecified atom stereocenters. The molecule has 0 amide bonds. The van der Waals surface area contributed by atoms with Crippen LogP contribution in [-0.4, -0.2) is 28.1 Å². The van der Waals surface area contributed by atoms with Gasteiger partial charge in [-0.1, -0.05) is 37.1 Å². The van der Waals surface area contributed by atoms with Crippen LogP contribution < -0.4 is 0 Å². The van der Waals surface area contributed by atoms with Gasteiger partial charge >= 0.3 is 5.97 Å². The SMILES string of the molecule is CCCCC(C(=O)OC)n1nnc2ccccc21. The van der Waals surface area contributed by atoms with Gasteiger partial charge in [0.2, 0.25) is 0 Å². The number of hydrogen-bond donors (Lipinski definition) is 0. The minimum absolute atomic E-state index is 0.265. The van der Waals surface area contributed by atoms with Crippen LogP contribution in [0.4, 0.5) is 0 Å². The predicted octanol–water partition coefficient (Wildman–Crippen LogP) is 2.34. The Morgan fingerprint density at radius 3 is 2.94 bits per heavy atom. The molecule has 0 aliphatic carbocycles. The van der Waals surface area contributed by atoms with Crippen LogP contribution in [0.3, 0.4) is 0 Å². The lowest BCUT2D eigenvalue weighted by Crippen LogP contribution is -2.22. The maximum absolute atomic E-state index is 11.8. The third kappa shape index (κ3) is 2.34. The maximum atomic E-state index is 11.8. The Kier molecular flexibility index (Phi) is 3.92. The maximum Gasteiger partial charge on any atom is 0.330 e. The van der Waals surface area contributed by atoms with Crippen LogP contribution in [0.1, 0.15) is 32.2 Å². The van der Waals surface area contributed by atoms with Crippen molar-refractivity contribution < 1.29 is 9.53 Å². The molecule has 0 saturated heterocycles. The molecule has 5 heteroatoms. The van der Waals surface area contributed by atoms with E-state index in [2.05, 4.69) is 17.2 Å². The number of benzene rings is 1. The number of rotatable bonds is 5. The number of ether oxygens (including phenoxy) is 1. The number of nitrogens with zero attached hydrogens (tertiary/aromatic N) is 3. The average Bonchev–Trinajstić information content (AvgIpc) is 2.83. The minimum atomic E-state index is -0.387. The zero-order chi connectivity index (χ0) is 13.0. The van der Waals surface area contributed by atoms with Crippen molar-refractivity contribution in [2.24, 2.45) is 0 Å². The highest BCUT2D eigenvalue weighted by Crippen LogP contribution is 2.21. The summed E-state index contributed by atoms with van der Waals surface area (Å²) in [6.45, 7) is 2.09. The minimum Gasteiger partial charge on any atom is -0.467 e. The molecule has 0 bridgehead atoms. The molecular weight excluding hydrogens is 230 g/mol. The topological polar surface area (TPSA) is 57.0 Å². The third-order valence-electron chi connectivity index (χ3n) is 2.98. The zero-order valence-corrected chi connectivity index (χ0v) is 10.7. The van der Waals surface area contributed by atoms with Crippen molar-refractivity contribution >= 4 is 17.0 Å². The molecule has 2 rings (SSSR count). The summed E-state index contributed by atoms with van der Waals surface area (Å²) in [5, 5.41) is 8.15. The Balaban J connectivity index is 2.37. The highest BCUT2D eigenvalue weighted by atomic mass is 16.5. The fourth-order valence-corrected chi connectivity index (χ4v) is 1.99. The molecular formula is C13H17N3O2. The summed E-state index contributed by atoms with van der Waals surface area (Å²) in [5.74, 6) is -0.265. The molecule has 1 atom stereocenters. The van der Waals surface area contributed by atoms with E-state index in [0.717, 1.165) is 30.3 Å². The first-order valence-corrected chi connectivity index (χ1v) is 6.15. The summed E-state index contributed by atoms with van der Waals surface area (Å²) in [7, 11) is 1.40. The fraction of sp³-hybridized carbons (Fsp3) is 0.462. The van der Waals surface area contributed by atoms with Gasteiger partial charge < -0.3 is 4.74 Å². The van der Waals surface area contributed by atoms with Gasteiger partial charge in [-0.15, -0.1) is 5.10 Å². The van der Waals surface area contributed by atoms with Crippen LogP contribution in [-0.2, 0) is 9.53 Å². The third-order valence-corrected chi connectivity index (χ3v) is 2.98. The number of carbonyl (C=O) groups excluding carboxylic acids is 1. The number of esters is 1. The average molecular weight is 247 g/mol. The Bertz CT molecular complexity index is 536. The highest BCUT2D eigenvalue weighted by molar-refractivity contribution is 5.79. The number of methoxy groups -OCH3 is 1. The van der Waals surface area contributed by atoms with Gasteiger partial charge in [0.1, 0.15) is 5.52 Å². The molecule has 1 heterocycles. The van der Waals surface area contributed by atoms with Gasteiger partial charge in [-0.3, -0.25) is 0 Å². The fourth-order valence-electron chi connectivity index (χ4n) is 1.99. The summed E-state index contributed by atoms with van der Waals surface area (Å²) < 4.78 is 6.52. The molecule has 1 aromatic heterocycles. The zero-order valence-electron chi connectivity index (χ0n) is 10.7. The van der Waals surface area contributed by atoms with Crippen molar-refractivity contribution in [3.05, 3.63) is 24.3 Å². The van der Waals surface area contributed by atoms with Gasteiger partial charge in [-0.05, 0) is 18.6 Å². The van der Waals surface area contributed by atoms with E-state index in [-0.39, 0.29) is 12.0 Å². The van der Waals surface area contributed by atoms with Gasteiger partial charge in [-0.25, -0.2) is 9.48 Å². The van der Waals surface area contributed by atoms with Gasteiger partial charge in [-0.2, -0.15) is 0 Å². The Morgan fingerprint density at radius 1 is 1.44 bits per heavy atom. The van der Waals surface area contributed by atoms with Crippen molar-refractivity contribution in [3.63, 3.8) is 0 Å². The molecule has 0 aliphatic heterocycles. The van der Waals surface area contributed by atoms with Crippen LogP contribution in [0.15, 0.2) is 24.3 Å². The highest BCUT2D eigenvalue weighted by Gasteiger charge is 2.23.